The second-order valence-corrected chi connectivity index (χ2v) is 11.3. The highest BCUT2D eigenvalue weighted by Crippen LogP contribution is 2.46. The third-order valence-electron chi connectivity index (χ3n) is 8.47. The minimum Gasteiger partial charge on any atom is -0.380 e. The minimum atomic E-state index is 0. The number of rotatable bonds is 9. The zero-order valence-corrected chi connectivity index (χ0v) is 23.6. The summed E-state index contributed by atoms with van der Waals surface area (Å²) in [5.74, 6) is 0.694. The van der Waals surface area contributed by atoms with Crippen LogP contribution in [-0.4, -0.2) is 76.6 Å². The van der Waals surface area contributed by atoms with Crippen LogP contribution < -0.4 is 9.80 Å². The van der Waals surface area contributed by atoms with Crippen molar-refractivity contribution in [2.45, 2.75) is 78.2 Å². The average molecular weight is 508 g/mol. The standard InChI is InChI=1S/C29H49N3O2.ClH/c1-5-33-22-21-30-17-19-32(20-18-30)28-8-7-25(31-15-11-26(12-16-31)34-6-2)23-27(28)24-9-13-29(3,4)14-10-24;/h7-8,23-24,26H,5-6,9-22H2,1-4H3;1H. The number of benzene rings is 1. The van der Waals surface area contributed by atoms with Gasteiger partial charge in [0.25, 0.3) is 0 Å². The molecule has 0 aromatic heterocycles. The zero-order chi connectivity index (χ0) is 24.0. The van der Waals surface area contributed by atoms with Crippen molar-refractivity contribution in [2.24, 2.45) is 5.41 Å². The fraction of sp³-hybridized carbons (Fsp3) is 0.793. The summed E-state index contributed by atoms with van der Waals surface area (Å²) in [7, 11) is 0. The van der Waals surface area contributed by atoms with E-state index in [0.717, 1.165) is 78.5 Å². The molecular formula is C29H50ClN3O2. The summed E-state index contributed by atoms with van der Waals surface area (Å²) in [5.41, 5.74) is 5.04. The van der Waals surface area contributed by atoms with E-state index >= 15 is 0 Å². The van der Waals surface area contributed by atoms with Gasteiger partial charge >= 0.3 is 0 Å². The first kappa shape index (κ1) is 28.6. The van der Waals surface area contributed by atoms with Gasteiger partial charge in [0.2, 0.25) is 0 Å². The van der Waals surface area contributed by atoms with Crippen LogP contribution in [0, 0.1) is 5.41 Å². The van der Waals surface area contributed by atoms with Gasteiger partial charge in [0, 0.05) is 70.4 Å². The van der Waals surface area contributed by atoms with Crippen LogP contribution in [0.15, 0.2) is 18.2 Å². The Balaban J connectivity index is 0.00000342. The molecule has 4 rings (SSSR count). The van der Waals surface area contributed by atoms with E-state index < -0.39 is 0 Å². The van der Waals surface area contributed by atoms with E-state index in [-0.39, 0.29) is 12.4 Å². The number of piperidine rings is 1. The molecule has 0 atom stereocenters. The number of halogens is 1. The maximum Gasteiger partial charge on any atom is 0.0608 e. The van der Waals surface area contributed by atoms with Gasteiger partial charge in [-0.1, -0.05) is 13.8 Å². The van der Waals surface area contributed by atoms with Gasteiger partial charge in [0.15, 0.2) is 0 Å². The lowest BCUT2D eigenvalue weighted by Crippen LogP contribution is -2.47. The smallest absolute Gasteiger partial charge is 0.0608 e. The fourth-order valence-corrected chi connectivity index (χ4v) is 6.13. The summed E-state index contributed by atoms with van der Waals surface area (Å²) in [5, 5.41) is 0. The monoisotopic (exact) mass is 507 g/mol. The first-order valence-corrected chi connectivity index (χ1v) is 14.0. The lowest BCUT2D eigenvalue weighted by molar-refractivity contribution is 0.0459. The maximum absolute atomic E-state index is 5.90. The lowest BCUT2D eigenvalue weighted by Gasteiger charge is -2.40. The third kappa shape index (κ3) is 7.74. The van der Waals surface area contributed by atoms with E-state index in [2.05, 4.69) is 60.6 Å². The van der Waals surface area contributed by atoms with Crippen LogP contribution in [0.4, 0.5) is 11.4 Å². The first-order valence-electron chi connectivity index (χ1n) is 14.0. The molecule has 0 amide bonds. The molecule has 5 nitrogen and oxygen atoms in total. The van der Waals surface area contributed by atoms with Crippen LogP contribution in [0.3, 0.4) is 0 Å². The molecular weight excluding hydrogens is 458 g/mol. The van der Waals surface area contributed by atoms with E-state index in [9.17, 15) is 0 Å². The van der Waals surface area contributed by atoms with Gasteiger partial charge in [-0.05, 0) is 87.5 Å². The average Bonchev–Trinajstić information content (AvgIpc) is 2.85. The second-order valence-electron chi connectivity index (χ2n) is 11.3. The lowest BCUT2D eigenvalue weighted by atomic mass is 9.71. The fourth-order valence-electron chi connectivity index (χ4n) is 6.13. The summed E-state index contributed by atoms with van der Waals surface area (Å²) < 4.78 is 11.5. The van der Waals surface area contributed by atoms with Crippen molar-refractivity contribution in [2.75, 3.05) is 75.4 Å². The number of nitrogens with zero attached hydrogens (tertiary/aromatic N) is 3. The highest BCUT2D eigenvalue weighted by molar-refractivity contribution is 5.85. The normalized spacial score (nSPS) is 22.3. The van der Waals surface area contributed by atoms with Crippen molar-refractivity contribution in [1.82, 2.24) is 4.90 Å². The number of ether oxygens (including phenoxy) is 2. The van der Waals surface area contributed by atoms with Gasteiger partial charge < -0.3 is 19.3 Å². The topological polar surface area (TPSA) is 28.2 Å². The Morgan fingerprint density at radius 1 is 0.857 bits per heavy atom. The summed E-state index contributed by atoms with van der Waals surface area (Å²) in [6, 6.07) is 7.42. The van der Waals surface area contributed by atoms with Crippen molar-refractivity contribution >= 4 is 23.8 Å². The Bertz CT molecular complexity index is 748. The molecule has 1 aromatic rings. The molecule has 6 heteroatoms. The summed E-state index contributed by atoms with van der Waals surface area (Å²) in [4.78, 5) is 7.82. The van der Waals surface area contributed by atoms with E-state index in [1.807, 2.05) is 0 Å². The molecule has 200 valence electrons. The number of piperazine rings is 1. The molecule has 3 aliphatic rings. The molecule has 2 aliphatic heterocycles. The highest BCUT2D eigenvalue weighted by atomic mass is 35.5. The highest BCUT2D eigenvalue weighted by Gasteiger charge is 2.31. The van der Waals surface area contributed by atoms with Gasteiger partial charge in [-0.15, -0.1) is 12.4 Å². The Hall–Kier alpha value is -1.01. The Kier molecular flexibility index (Phi) is 11.0. The largest absolute Gasteiger partial charge is 0.380 e. The van der Waals surface area contributed by atoms with Gasteiger partial charge in [-0.2, -0.15) is 0 Å². The van der Waals surface area contributed by atoms with Crippen molar-refractivity contribution in [3.8, 4) is 0 Å². The van der Waals surface area contributed by atoms with E-state index in [4.69, 9.17) is 9.47 Å². The molecule has 1 aliphatic carbocycles. The molecule has 2 heterocycles. The van der Waals surface area contributed by atoms with Crippen LogP contribution in [0.5, 0.6) is 0 Å². The number of hydrogen-bond donors (Lipinski definition) is 0. The van der Waals surface area contributed by atoms with Crippen LogP contribution >= 0.6 is 12.4 Å². The van der Waals surface area contributed by atoms with E-state index in [1.165, 1.54) is 37.1 Å². The van der Waals surface area contributed by atoms with Crippen LogP contribution in [0.2, 0.25) is 0 Å². The van der Waals surface area contributed by atoms with Gasteiger partial charge in [-0.3, -0.25) is 4.90 Å². The third-order valence-corrected chi connectivity index (χ3v) is 8.47. The zero-order valence-electron chi connectivity index (χ0n) is 22.8. The SMILES string of the molecule is CCOCCN1CCN(c2ccc(N3CCC(OCC)CC3)cc2C2CCC(C)(C)CC2)CC1.Cl. The molecule has 0 spiro atoms. The van der Waals surface area contributed by atoms with Crippen molar-refractivity contribution in [3.63, 3.8) is 0 Å². The number of hydrogen-bond acceptors (Lipinski definition) is 5. The molecule has 2 saturated heterocycles. The van der Waals surface area contributed by atoms with Gasteiger partial charge in [0.05, 0.1) is 12.7 Å². The Labute approximate surface area is 220 Å². The second kappa shape index (κ2) is 13.5. The van der Waals surface area contributed by atoms with E-state index in [1.54, 1.807) is 5.56 Å². The van der Waals surface area contributed by atoms with Crippen molar-refractivity contribution < 1.29 is 9.47 Å². The van der Waals surface area contributed by atoms with Gasteiger partial charge in [-0.25, -0.2) is 0 Å². The van der Waals surface area contributed by atoms with Crippen molar-refractivity contribution in [3.05, 3.63) is 23.8 Å². The van der Waals surface area contributed by atoms with Crippen LogP contribution in [0.1, 0.15) is 77.7 Å². The Morgan fingerprint density at radius 3 is 2.17 bits per heavy atom. The molecule has 0 unspecified atom stereocenters. The first-order chi connectivity index (χ1) is 16.5. The molecule has 0 N–H and O–H groups in total. The van der Waals surface area contributed by atoms with Gasteiger partial charge in [0.1, 0.15) is 0 Å². The molecule has 1 aromatic carbocycles. The molecule has 35 heavy (non-hydrogen) atoms. The van der Waals surface area contributed by atoms with E-state index in [0.29, 0.717) is 17.4 Å². The quantitative estimate of drug-likeness (QED) is 0.385. The summed E-state index contributed by atoms with van der Waals surface area (Å²) in [6.07, 6.45) is 8.06. The predicted molar refractivity (Wildman–Crippen MR) is 151 cm³/mol. The minimum absolute atomic E-state index is 0. The molecule has 3 fully saturated rings. The van der Waals surface area contributed by atoms with Crippen molar-refractivity contribution in [1.29, 1.82) is 0 Å². The summed E-state index contributed by atoms with van der Waals surface area (Å²) in [6.45, 7) is 19.4. The maximum atomic E-state index is 5.90. The molecule has 1 saturated carbocycles. The Morgan fingerprint density at radius 2 is 1.54 bits per heavy atom. The molecule has 0 radical (unpaired) electrons. The number of anilines is 2. The summed E-state index contributed by atoms with van der Waals surface area (Å²) >= 11 is 0. The van der Waals surface area contributed by atoms with Crippen LogP contribution in [0.25, 0.3) is 0 Å². The molecule has 0 bridgehead atoms. The van der Waals surface area contributed by atoms with Crippen LogP contribution in [-0.2, 0) is 9.47 Å². The predicted octanol–water partition coefficient (Wildman–Crippen LogP) is 5.96.